The average molecular weight is 263 g/mol. The zero-order chi connectivity index (χ0) is 13.8. The Morgan fingerprint density at radius 3 is 2.74 bits per heavy atom. The van der Waals surface area contributed by atoms with E-state index in [0.717, 1.165) is 29.4 Å². The van der Waals surface area contributed by atoms with Gasteiger partial charge in [-0.05, 0) is 30.5 Å². The number of aromatic nitrogens is 2. The summed E-state index contributed by atoms with van der Waals surface area (Å²) >= 11 is 0. The Morgan fingerprint density at radius 2 is 2.00 bits per heavy atom. The molecule has 2 rings (SSSR count). The molecule has 0 saturated carbocycles. The van der Waals surface area contributed by atoms with Crippen LogP contribution in [0.1, 0.15) is 37.3 Å². The largest absolute Gasteiger partial charge is 0.481 e. The molecule has 5 N–H and O–H groups in total. The first-order chi connectivity index (χ1) is 9.06. The molecule has 6 nitrogen and oxygen atoms in total. The molecule has 1 aromatic carbocycles. The van der Waals surface area contributed by atoms with Crippen LogP contribution in [0.2, 0.25) is 0 Å². The first-order valence-electron chi connectivity index (χ1n) is 6.25. The van der Waals surface area contributed by atoms with Gasteiger partial charge in [0.05, 0.1) is 11.0 Å². The van der Waals surface area contributed by atoms with Crippen LogP contribution in [0, 0.1) is 0 Å². The number of benzene rings is 1. The van der Waals surface area contributed by atoms with Crippen molar-refractivity contribution in [3.05, 3.63) is 34.2 Å². The molecule has 0 saturated heterocycles. The lowest BCUT2D eigenvalue weighted by molar-refractivity contribution is -0.137. The number of aromatic amines is 2. The van der Waals surface area contributed by atoms with Gasteiger partial charge >= 0.3 is 11.7 Å². The van der Waals surface area contributed by atoms with Gasteiger partial charge < -0.3 is 20.8 Å². The second kappa shape index (κ2) is 5.71. The van der Waals surface area contributed by atoms with Crippen LogP contribution in [-0.2, 0) is 4.79 Å². The van der Waals surface area contributed by atoms with Gasteiger partial charge in [0.2, 0.25) is 0 Å². The highest BCUT2D eigenvalue weighted by Gasteiger charge is 2.08. The third-order valence-electron chi connectivity index (χ3n) is 3.12. The van der Waals surface area contributed by atoms with E-state index in [1.807, 2.05) is 18.2 Å². The molecule has 1 atom stereocenters. The molecule has 1 aromatic heterocycles. The fourth-order valence-electron chi connectivity index (χ4n) is 2.09. The summed E-state index contributed by atoms with van der Waals surface area (Å²) in [6.07, 6.45) is 2.31. The fourth-order valence-corrected chi connectivity index (χ4v) is 2.09. The molecular weight excluding hydrogens is 246 g/mol. The topological polar surface area (TPSA) is 112 Å². The summed E-state index contributed by atoms with van der Waals surface area (Å²) in [5.74, 6) is -0.778. The van der Waals surface area contributed by atoms with Crippen molar-refractivity contribution >= 4 is 17.0 Å². The molecule has 102 valence electrons. The van der Waals surface area contributed by atoms with Crippen LogP contribution in [0.5, 0.6) is 0 Å². The normalized spacial score (nSPS) is 12.7. The van der Waals surface area contributed by atoms with Gasteiger partial charge in [-0.1, -0.05) is 12.5 Å². The Morgan fingerprint density at radius 1 is 1.26 bits per heavy atom. The smallest absolute Gasteiger partial charge is 0.323 e. The Hall–Kier alpha value is -2.08. The summed E-state index contributed by atoms with van der Waals surface area (Å²) in [5.41, 5.74) is 8.26. The third kappa shape index (κ3) is 3.45. The summed E-state index contributed by atoms with van der Waals surface area (Å²) in [7, 11) is 0. The Kier molecular flexibility index (Phi) is 4.01. The van der Waals surface area contributed by atoms with E-state index in [0.29, 0.717) is 6.42 Å². The number of rotatable bonds is 6. The maximum atomic E-state index is 11.1. The molecule has 0 radical (unpaired) electrons. The van der Waals surface area contributed by atoms with Crippen LogP contribution in [-0.4, -0.2) is 21.0 Å². The van der Waals surface area contributed by atoms with E-state index >= 15 is 0 Å². The lowest BCUT2D eigenvalue weighted by Gasteiger charge is -2.11. The molecule has 2 aromatic rings. The second-order valence-electron chi connectivity index (χ2n) is 4.63. The molecule has 1 unspecified atom stereocenters. The maximum absolute atomic E-state index is 11.1. The average Bonchev–Trinajstić information content (AvgIpc) is 2.73. The number of carboxylic acid groups (broad SMARTS) is 1. The predicted molar refractivity (Wildman–Crippen MR) is 72.0 cm³/mol. The minimum Gasteiger partial charge on any atom is -0.481 e. The number of hydrogen-bond acceptors (Lipinski definition) is 3. The molecule has 19 heavy (non-hydrogen) atoms. The van der Waals surface area contributed by atoms with E-state index < -0.39 is 5.97 Å². The van der Waals surface area contributed by atoms with Gasteiger partial charge in [-0.25, -0.2) is 4.79 Å². The molecule has 0 aliphatic carbocycles. The molecule has 0 aliphatic heterocycles. The van der Waals surface area contributed by atoms with Gasteiger partial charge in [-0.15, -0.1) is 0 Å². The van der Waals surface area contributed by atoms with Crippen molar-refractivity contribution in [3.8, 4) is 0 Å². The highest BCUT2D eigenvalue weighted by atomic mass is 16.4. The Balaban J connectivity index is 1.98. The van der Waals surface area contributed by atoms with Crippen LogP contribution in [0.25, 0.3) is 11.0 Å². The van der Waals surface area contributed by atoms with Crippen LogP contribution < -0.4 is 11.4 Å². The SMILES string of the molecule is NC(CCCCC(=O)O)c1ccc2[nH]c(=O)[nH]c2c1. The molecule has 0 amide bonds. The molecule has 0 bridgehead atoms. The first kappa shape index (κ1) is 13.4. The van der Waals surface area contributed by atoms with E-state index in [1.54, 1.807) is 0 Å². The zero-order valence-electron chi connectivity index (χ0n) is 10.5. The summed E-state index contributed by atoms with van der Waals surface area (Å²) in [6, 6.07) is 5.42. The van der Waals surface area contributed by atoms with Gasteiger partial charge in [0, 0.05) is 12.5 Å². The molecule has 0 aliphatic rings. The molecule has 6 heteroatoms. The van der Waals surface area contributed by atoms with Crippen molar-refractivity contribution in [1.82, 2.24) is 9.97 Å². The Bertz CT molecular complexity index is 629. The zero-order valence-corrected chi connectivity index (χ0v) is 10.5. The van der Waals surface area contributed by atoms with Gasteiger partial charge in [-0.2, -0.15) is 0 Å². The quantitative estimate of drug-likeness (QED) is 0.591. The standard InChI is InChI=1S/C13H17N3O3/c14-9(3-1-2-4-12(17)18)8-5-6-10-11(7-8)16-13(19)15-10/h5-7,9H,1-4,14H2,(H,17,18)(H2,15,16,19). The number of fused-ring (bicyclic) bond motifs is 1. The van der Waals surface area contributed by atoms with Crippen LogP contribution in [0.15, 0.2) is 23.0 Å². The second-order valence-corrected chi connectivity index (χ2v) is 4.63. The van der Waals surface area contributed by atoms with E-state index in [-0.39, 0.29) is 18.2 Å². The number of unbranched alkanes of at least 4 members (excludes halogenated alkanes) is 1. The van der Waals surface area contributed by atoms with Gasteiger partial charge in [-0.3, -0.25) is 4.79 Å². The summed E-state index contributed by atoms with van der Waals surface area (Å²) in [5, 5.41) is 8.55. The van der Waals surface area contributed by atoms with Crippen LogP contribution in [0.3, 0.4) is 0 Å². The van der Waals surface area contributed by atoms with E-state index in [9.17, 15) is 9.59 Å². The van der Waals surface area contributed by atoms with Crippen molar-refractivity contribution in [2.45, 2.75) is 31.7 Å². The number of nitrogens with one attached hydrogen (secondary N) is 2. The summed E-state index contributed by atoms with van der Waals surface area (Å²) in [6.45, 7) is 0. The third-order valence-corrected chi connectivity index (χ3v) is 3.12. The fraction of sp³-hybridized carbons (Fsp3) is 0.385. The minimum atomic E-state index is -0.778. The molecule has 0 fully saturated rings. The highest BCUT2D eigenvalue weighted by molar-refractivity contribution is 5.75. The monoisotopic (exact) mass is 263 g/mol. The van der Waals surface area contributed by atoms with Crippen molar-refractivity contribution in [1.29, 1.82) is 0 Å². The Labute approximate surface area is 109 Å². The predicted octanol–water partition coefficient (Wildman–Crippen LogP) is 1.50. The summed E-state index contributed by atoms with van der Waals surface area (Å²) in [4.78, 5) is 26.9. The number of carbonyl (C=O) groups is 1. The van der Waals surface area contributed by atoms with E-state index in [2.05, 4.69) is 9.97 Å². The van der Waals surface area contributed by atoms with Gasteiger partial charge in [0.25, 0.3) is 0 Å². The van der Waals surface area contributed by atoms with Crippen molar-refractivity contribution in [3.63, 3.8) is 0 Å². The van der Waals surface area contributed by atoms with Gasteiger partial charge in [0.1, 0.15) is 0 Å². The first-order valence-corrected chi connectivity index (χ1v) is 6.25. The number of hydrogen-bond donors (Lipinski definition) is 4. The van der Waals surface area contributed by atoms with Crippen LogP contribution in [0.4, 0.5) is 0 Å². The lowest BCUT2D eigenvalue weighted by Crippen LogP contribution is -2.10. The van der Waals surface area contributed by atoms with Gasteiger partial charge in [0.15, 0.2) is 0 Å². The number of nitrogens with two attached hydrogens (primary N) is 1. The highest BCUT2D eigenvalue weighted by Crippen LogP contribution is 2.20. The van der Waals surface area contributed by atoms with Crippen molar-refractivity contribution in [2.24, 2.45) is 5.73 Å². The van der Waals surface area contributed by atoms with Crippen molar-refractivity contribution < 1.29 is 9.90 Å². The molecular formula is C13H17N3O3. The number of aliphatic carboxylic acids is 1. The van der Waals surface area contributed by atoms with E-state index in [4.69, 9.17) is 10.8 Å². The summed E-state index contributed by atoms with van der Waals surface area (Å²) < 4.78 is 0. The van der Waals surface area contributed by atoms with Crippen molar-refractivity contribution in [2.75, 3.05) is 0 Å². The van der Waals surface area contributed by atoms with Crippen LogP contribution >= 0.6 is 0 Å². The van der Waals surface area contributed by atoms with E-state index in [1.165, 1.54) is 0 Å². The lowest BCUT2D eigenvalue weighted by atomic mass is 10.0. The minimum absolute atomic E-state index is 0.142. The number of carboxylic acids is 1. The molecule has 1 heterocycles. The number of H-pyrrole nitrogens is 2. The maximum Gasteiger partial charge on any atom is 0.323 e. The number of imidazole rings is 1. The molecule has 0 spiro atoms.